The molecule has 0 amide bonds. The molecular weight excluding hydrogens is 198 g/mol. The summed E-state index contributed by atoms with van der Waals surface area (Å²) in [6, 6.07) is 1.65. The minimum absolute atomic E-state index is 0.783. The van der Waals surface area contributed by atoms with Crippen molar-refractivity contribution >= 4 is 0 Å². The molecule has 0 bridgehead atoms. The molecule has 2 rings (SSSR count). The van der Waals surface area contributed by atoms with Gasteiger partial charge in [0.2, 0.25) is 0 Å². The van der Waals surface area contributed by atoms with Gasteiger partial charge in [-0.2, -0.15) is 0 Å². The molecule has 0 aromatic heterocycles. The lowest BCUT2D eigenvalue weighted by Crippen LogP contribution is -2.45. The zero-order chi connectivity index (χ0) is 11.4. The van der Waals surface area contributed by atoms with Gasteiger partial charge in [0.1, 0.15) is 0 Å². The van der Waals surface area contributed by atoms with Gasteiger partial charge < -0.3 is 15.1 Å². The fraction of sp³-hybridized carbons (Fsp3) is 1.00. The second-order valence-corrected chi connectivity index (χ2v) is 5.64. The Balaban J connectivity index is 1.56. The first-order valence-corrected chi connectivity index (χ1v) is 6.88. The summed E-state index contributed by atoms with van der Waals surface area (Å²) in [5.41, 5.74) is 0. The van der Waals surface area contributed by atoms with Crippen LogP contribution in [0.2, 0.25) is 0 Å². The lowest BCUT2D eigenvalue weighted by atomic mass is 10.0. The molecule has 1 saturated carbocycles. The van der Waals surface area contributed by atoms with E-state index < -0.39 is 0 Å². The molecule has 16 heavy (non-hydrogen) atoms. The van der Waals surface area contributed by atoms with Crippen molar-refractivity contribution in [3.63, 3.8) is 0 Å². The predicted octanol–water partition coefficient (Wildman–Crippen LogP) is 1.15. The number of hydrogen-bond acceptors (Lipinski definition) is 3. The van der Waals surface area contributed by atoms with Crippen molar-refractivity contribution in [2.75, 3.05) is 40.3 Å². The Kier molecular flexibility index (Phi) is 4.62. The molecular formula is C13H27N3. The Morgan fingerprint density at radius 1 is 1.25 bits per heavy atom. The maximum absolute atomic E-state index is 3.59. The van der Waals surface area contributed by atoms with Gasteiger partial charge in [0.05, 0.1) is 0 Å². The van der Waals surface area contributed by atoms with Crippen LogP contribution in [0.3, 0.4) is 0 Å². The zero-order valence-corrected chi connectivity index (χ0v) is 10.9. The average molecular weight is 225 g/mol. The molecule has 1 saturated heterocycles. The molecule has 3 nitrogen and oxygen atoms in total. The highest BCUT2D eigenvalue weighted by atomic mass is 15.2. The number of likely N-dealkylation sites (tertiary alicyclic amines) is 1. The molecule has 1 heterocycles. The third-order valence-electron chi connectivity index (χ3n) is 3.87. The fourth-order valence-electron chi connectivity index (χ4n) is 2.55. The maximum Gasteiger partial charge on any atom is 0.0217 e. The number of hydrogen-bond donors (Lipinski definition) is 1. The summed E-state index contributed by atoms with van der Waals surface area (Å²) < 4.78 is 0. The van der Waals surface area contributed by atoms with Crippen molar-refractivity contribution in [3.8, 4) is 0 Å². The second kappa shape index (κ2) is 5.99. The summed E-state index contributed by atoms with van der Waals surface area (Å²) in [5, 5.41) is 3.59. The average Bonchev–Trinajstić information content (AvgIpc) is 3.09. The quantitative estimate of drug-likeness (QED) is 0.684. The number of rotatable bonds is 6. The largest absolute Gasteiger partial charge is 0.314 e. The van der Waals surface area contributed by atoms with E-state index in [0.29, 0.717) is 0 Å². The highest BCUT2D eigenvalue weighted by Gasteiger charge is 2.22. The lowest BCUT2D eigenvalue weighted by Gasteiger charge is -2.36. The minimum Gasteiger partial charge on any atom is -0.314 e. The van der Waals surface area contributed by atoms with Crippen LogP contribution in [0.4, 0.5) is 0 Å². The van der Waals surface area contributed by atoms with Crippen LogP contribution in [0, 0.1) is 0 Å². The van der Waals surface area contributed by atoms with Gasteiger partial charge in [-0.3, -0.25) is 0 Å². The van der Waals surface area contributed by atoms with E-state index in [1.54, 1.807) is 0 Å². The van der Waals surface area contributed by atoms with Crippen molar-refractivity contribution in [1.82, 2.24) is 15.1 Å². The van der Waals surface area contributed by atoms with E-state index in [1.807, 2.05) is 0 Å². The number of likely N-dealkylation sites (N-methyl/N-ethyl adjacent to an activating group) is 1. The first kappa shape index (κ1) is 12.3. The molecule has 1 N–H and O–H groups in total. The summed E-state index contributed by atoms with van der Waals surface area (Å²) in [4.78, 5) is 5.03. The fourth-order valence-corrected chi connectivity index (χ4v) is 2.55. The van der Waals surface area contributed by atoms with Gasteiger partial charge in [-0.05, 0) is 65.8 Å². The maximum atomic E-state index is 3.59. The first-order chi connectivity index (χ1) is 7.75. The molecule has 0 aromatic carbocycles. The zero-order valence-electron chi connectivity index (χ0n) is 10.9. The van der Waals surface area contributed by atoms with Gasteiger partial charge in [-0.15, -0.1) is 0 Å². The van der Waals surface area contributed by atoms with E-state index in [4.69, 9.17) is 0 Å². The summed E-state index contributed by atoms with van der Waals surface area (Å²) >= 11 is 0. The summed E-state index contributed by atoms with van der Waals surface area (Å²) in [5.74, 6) is 0. The number of piperidine rings is 1. The van der Waals surface area contributed by atoms with E-state index in [2.05, 4.69) is 29.2 Å². The second-order valence-electron chi connectivity index (χ2n) is 5.64. The Bertz CT molecular complexity index is 201. The molecule has 0 aromatic rings. The predicted molar refractivity (Wildman–Crippen MR) is 68.8 cm³/mol. The van der Waals surface area contributed by atoms with E-state index >= 15 is 0 Å². The van der Waals surface area contributed by atoms with Crippen LogP contribution in [0.5, 0.6) is 0 Å². The Hall–Kier alpha value is -0.120. The van der Waals surface area contributed by atoms with Crippen molar-refractivity contribution in [2.24, 2.45) is 0 Å². The minimum atomic E-state index is 0.783. The van der Waals surface area contributed by atoms with Crippen LogP contribution >= 0.6 is 0 Å². The van der Waals surface area contributed by atoms with Crippen LogP contribution in [0.1, 0.15) is 32.1 Å². The van der Waals surface area contributed by atoms with E-state index in [-0.39, 0.29) is 0 Å². The van der Waals surface area contributed by atoms with Crippen molar-refractivity contribution in [2.45, 2.75) is 44.2 Å². The van der Waals surface area contributed by atoms with E-state index in [9.17, 15) is 0 Å². The molecule has 3 heteroatoms. The molecule has 2 aliphatic rings. The van der Waals surface area contributed by atoms with Crippen molar-refractivity contribution in [3.05, 3.63) is 0 Å². The third-order valence-corrected chi connectivity index (χ3v) is 3.87. The number of nitrogens with zero attached hydrogens (tertiary/aromatic N) is 2. The molecule has 1 aliphatic heterocycles. The van der Waals surface area contributed by atoms with E-state index in [1.165, 1.54) is 58.3 Å². The molecule has 2 fully saturated rings. The molecule has 1 atom stereocenters. The van der Waals surface area contributed by atoms with Crippen LogP contribution in [-0.4, -0.2) is 62.2 Å². The Morgan fingerprint density at radius 3 is 2.75 bits per heavy atom. The molecule has 1 unspecified atom stereocenters. The lowest BCUT2D eigenvalue weighted by molar-refractivity contribution is 0.132. The normalized spacial score (nSPS) is 27.6. The van der Waals surface area contributed by atoms with Gasteiger partial charge in [-0.1, -0.05) is 0 Å². The first-order valence-electron chi connectivity index (χ1n) is 6.88. The highest BCUT2D eigenvalue weighted by molar-refractivity contribution is 4.81. The monoisotopic (exact) mass is 225 g/mol. The standard InChI is InChI=1S/C13H27N3/c1-15(2)13-5-3-9-16(11-13)10-4-8-14-12-6-7-12/h12-14H,3-11H2,1-2H3. The van der Waals surface area contributed by atoms with E-state index in [0.717, 1.165) is 12.1 Å². The van der Waals surface area contributed by atoms with Crippen LogP contribution in [0.25, 0.3) is 0 Å². The van der Waals surface area contributed by atoms with Crippen molar-refractivity contribution in [1.29, 1.82) is 0 Å². The van der Waals surface area contributed by atoms with Crippen LogP contribution in [-0.2, 0) is 0 Å². The van der Waals surface area contributed by atoms with Gasteiger partial charge in [-0.25, -0.2) is 0 Å². The molecule has 0 radical (unpaired) electrons. The Labute approximate surface area is 100 Å². The Morgan fingerprint density at radius 2 is 2.06 bits per heavy atom. The molecule has 1 aliphatic carbocycles. The van der Waals surface area contributed by atoms with Gasteiger partial charge >= 0.3 is 0 Å². The van der Waals surface area contributed by atoms with Crippen molar-refractivity contribution < 1.29 is 0 Å². The topological polar surface area (TPSA) is 18.5 Å². The van der Waals surface area contributed by atoms with Gasteiger partial charge in [0.25, 0.3) is 0 Å². The van der Waals surface area contributed by atoms with Crippen LogP contribution in [0.15, 0.2) is 0 Å². The molecule has 94 valence electrons. The molecule has 0 spiro atoms. The number of nitrogens with one attached hydrogen (secondary N) is 1. The summed E-state index contributed by atoms with van der Waals surface area (Å²) in [6.45, 7) is 5.09. The summed E-state index contributed by atoms with van der Waals surface area (Å²) in [6.07, 6.45) is 6.89. The van der Waals surface area contributed by atoms with Crippen LogP contribution < -0.4 is 5.32 Å². The van der Waals surface area contributed by atoms with Gasteiger partial charge in [0, 0.05) is 18.6 Å². The van der Waals surface area contributed by atoms with Gasteiger partial charge in [0.15, 0.2) is 0 Å². The third kappa shape index (κ3) is 4.04. The smallest absolute Gasteiger partial charge is 0.0217 e. The summed E-state index contributed by atoms with van der Waals surface area (Å²) in [7, 11) is 4.42. The highest BCUT2D eigenvalue weighted by Crippen LogP contribution is 2.18. The SMILES string of the molecule is CN(C)C1CCCN(CCCNC2CC2)C1.